The fourth-order valence-electron chi connectivity index (χ4n) is 2.98. The number of H-pyrrole nitrogens is 1. The number of ether oxygens (including phenoxy) is 1. The van der Waals surface area contributed by atoms with Crippen LogP contribution in [0.4, 0.5) is 10.8 Å². The molecule has 0 radical (unpaired) electrons. The number of nitro groups is 1. The average molecular weight is 450 g/mol. The Morgan fingerprint density at radius 1 is 1.16 bits per heavy atom. The van der Waals surface area contributed by atoms with Gasteiger partial charge in [-0.3, -0.25) is 25.0 Å². The average Bonchev–Trinajstić information content (AvgIpc) is 3.25. The third kappa shape index (κ3) is 4.52. The molecule has 0 bridgehead atoms. The monoisotopic (exact) mass is 450 g/mol. The first kappa shape index (κ1) is 20.9. The van der Waals surface area contributed by atoms with Crippen molar-refractivity contribution < 1.29 is 19.2 Å². The van der Waals surface area contributed by atoms with Crippen LogP contribution in [0, 0.1) is 10.1 Å². The number of anilines is 1. The molecule has 4 rings (SSSR count). The summed E-state index contributed by atoms with van der Waals surface area (Å²) < 4.78 is 5.06. The number of fused-ring (bicyclic) bond motifs is 1. The fraction of sp³-hybridized carbons (Fsp3) is 0.0476. The van der Waals surface area contributed by atoms with E-state index in [1.807, 2.05) is 0 Å². The molecular formula is C21H14N4O6S. The van der Waals surface area contributed by atoms with E-state index in [9.17, 15) is 24.5 Å². The lowest BCUT2D eigenvalue weighted by molar-refractivity contribution is -0.384. The van der Waals surface area contributed by atoms with Crippen LogP contribution in [0.2, 0.25) is 0 Å². The van der Waals surface area contributed by atoms with Gasteiger partial charge in [0.05, 0.1) is 16.2 Å². The Labute approximate surface area is 183 Å². The Morgan fingerprint density at radius 2 is 1.97 bits per heavy atom. The normalized spacial score (nSPS) is 10.6. The first-order valence-corrected chi connectivity index (χ1v) is 10.1. The SMILES string of the molecule is O=C(COC(=O)c1cc(=O)[nH]c2ccccc12)Nc1nc(-c2cccc([N+](=O)[O-])c2)cs1. The molecule has 0 fully saturated rings. The van der Waals surface area contributed by atoms with Gasteiger partial charge in [-0.25, -0.2) is 9.78 Å². The summed E-state index contributed by atoms with van der Waals surface area (Å²) in [6.45, 7) is -0.578. The molecule has 32 heavy (non-hydrogen) atoms. The van der Waals surface area contributed by atoms with Crippen molar-refractivity contribution in [1.29, 1.82) is 0 Å². The molecule has 0 saturated heterocycles. The minimum absolute atomic E-state index is 0.0550. The maximum atomic E-state index is 12.4. The fourth-order valence-corrected chi connectivity index (χ4v) is 3.72. The van der Waals surface area contributed by atoms with Crippen LogP contribution in [0.3, 0.4) is 0 Å². The molecule has 11 heteroatoms. The zero-order chi connectivity index (χ0) is 22.7. The summed E-state index contributed by atoms with van der Waals surface area (Å²) in [5.74, 6) is -1.42. The minimum atomic E-state index is -0.807. The lowest BCUT2D eigenvalue weighted by atomic mass is 10.1. The number of esters is 1. The molecule has 2 N–H and O–H groups in total. The van der Waals surface area contributed by atoms with Crippen molar-refractivity contribution >= 4 is 44.9 Å². The number of nitro benzene ring substituents is 1. The Hall–Kier alpha value is -4.38. The lowest BCUT2D eigenvalue weighted by Crippen LogP contribution is -2.21. The van der Waals surface area contributed by atoms with E-state index in [4.69, 9.17) is 4.74 Å². The summed E-state index contributed by atoms with van der Waals surface area (Å²) in [5.41, 5.74) is 0.994. The van der Waals surface area contributed by atoms with E-state index < -0.39 is 29.0 Å². The number of pyridine rings is 1. The van der Waals surface area contributed by atoms with Crippen LogP contribution in [0.5, 0.6) is 0 Å². The van der Waals surface area contributed by atoms with Crippen LogP contribution in [0.15, 0.2) is 64.8 Å². The molecule has 10 nitrogen and oxygen atoms in total. The zero-order valence-corrected chi connectivity index (χ0v) is 17.0. The number of carbonyl (C=O) groups excluding carboxylic acids is 2. The topological polar surface area (TPSA) is 144 Å². The van der Waals surface area contributed by atoms with Crippen LogP contribution >= 0.6 is 11.3 Å². The number of hydrogen-bond donors (Lipinski definition) is 2. The van der Waals surface area contributed by atoms with Crippen LogP contribution in [0.25, 0.3) is 22.2 Å². The van der Waals surface area contributed by atoms with E-state index >= 15 is 0 Å². The molecular weight excluding hydrogens is 436 g/mol. The summed E-state index contributed by atoms with van der Waals surface area (Å²) in [7, 11) is 0. The molecule has 0 aliphatic carbocycles. The summed E-state index contributed by atoms with van der Waals surface area (Å²) in [5, 5.41) is 15.8. The second-order valence-electron chi connectivity index (χ2n) is 6.56. The van der Waals surface area contributed by atoms with Gasteiger partial charge in [0.1, 0.15) is 0 Å². The zero-order valence-electron chi connectivity index (χ0n) is 16.2. The van der Waals surface area contributed by atoms with Gasteiger partial charge < -0.3 is 9.72 Å². The molecule has 160 valence electrons. The summed E-state index contributed by atoms with van der Waals surface area (Å²) >= 11 is 1.12. The third-order valence-corrected chi connectivity index (χ3v) is 5.17. The molecule has 0 spiro atoms. The Bertz CT molecular complexity index is 1410. The molecule has 0 unspecified atom stereocenters. The van der Waals surface area contributed by atoms with Crippen molar-refractivity contribution in [3.8, 4) is 11.3 Å². The van der Waals surface area contributed by atoms with Crippen molar-refractivity contribution in [3.63, 3.8) is 0 Å². The number of hydrogen-bond acceptors (Lipinski definition) is 8. The predicted octanol–water partition coefficient (Wildman–Crippen LogP) is 3.36. The van der Waals surface area contributed by atoms with Gasteiger partial charge in [0.25, 0.3) is 11.6 Å². The minimum Gasteiger partial charge on any atom is -0.452 e. The van der Waals surface area contributed by atoms with Crippen molar-refractivity contribution in [3.05, 3.63) is 86.0 Å². The first-order chi connectivity index (χ1) is 15.4. The number of rotatable bonds is 6. The van der Waals surface area contributed by atoms with E-state index in [0.29, 0.717) is 22.2 Å². The lowest BCUT2D eigenvalue weighted by Gasteiger charge is -2.07. The molecule has 0 aliphatic rings. The molecule has 0 aliphatic heterocycles. The van der Waals surface area contributed by atoms with Gasteiger partial charge in [-0.05, 0) is 6.07 Å². The highest BCUT2D eigenvalue weighted by atomic mass is 32.1. The van der Waals surface area contributed by atoms with E-state index in [1.165, 1.54) is 12.1 Å². The van der Waals surface area contributed by atoms with Gasteiger partial charge in [0, 0.05) is 40.0 Å². The van der Waals surface area contributed by atoms with Crippen molar-refractivity contribution in [2.24, 2.45) is 0 Å². The molecule has 1 amide bonds. The highest BCUT2D eigenvalue weighted by Crippen LogP contribution is 2.27. The molecule has 0 saturated carbocycles. The van der Waals surface area contributed by atoms with Gasteiger partial charge in [-0.1, -0.05) is 30.3 Å². The van der Waals surface area contributed by atoms with Crippen LogP contribution in [0.1, 0.15) is 10.4 Å². The summed E-state index contributed by atoms with van der Waals surface area (Å²) in [4.78, 5) is 53.7. The van der Waals surface area contributed by atoms with Crippen LogP contribution in [-0.2, 0) is 9.53 Å². The highest BCUT2D eigenvalue weighted by Gasteiger charge is 2.16. The number of aromatic amines is 1. The van der Waals surface area contributed by atoms with E-state index in [-0.39, 0.29) is 16.4 Å². The predicted molar refractivity (Wildman–Crippen MR) is 118 cm³/mol. The maximum Gasteiger partial charge on any atom is 0.339 e. The Balaban J connectivity index is 1.41. The summed E-state index contributed by atoms with van der Waals surface area (Å²) in [6.07, 6.45) is 0. The van der Waals surface area contributed by atoms with Crippen LogP contribution < -0.4 is 10.9 Å². The third-order valence-electron chi connectivity index (χ3n) is 4.41. The van der Waals surface area contributed by atoms with Gasteiger partial charge >= 0.3 is 5.97 Å². The number of non-ortho nitro benzene ring substituents is 1. The number of nitrogens with zero attached hydrogens (tertiary/aromatic N) is 2. The number of nitrogens with one attached hydrogen (secondary N) is 2. The van der Waals surface area contributed by atoms with Crippen LogP contribution in [-0.4, -0.2) is 33.4 Å². The van der Waals surface area contributed by atoms with Crippen molar-refractivity contribution in [2.75, 3.05) is 11.9 Å². The summed E-state index contributed by atoms with van der Waals surface area (Å²) in [6, 6.07) is 13.8. The largest absolute Gasteiger partial charge is 0.452 e. The van der Waals surface area contributed by atoms with Gasteiger partial charge in [-0.2, -0.15) is 0 Å². The number of thiazole rings is 1. The van der Waals surface area contributed by atoms with Gasteiger partial charge in [0.2, 0.25) is 5.56 Å². The molecule has 2 aromatic carbocycles. The van der Waals surface area contributed by atoms with Gasteiger partial charge in [-0.15, -0.1) is 11.3 Å². The number of carbonyl (C=O) groups is 2. The standard InChI is InChI=1S/C21H14N4O6S/c26-18-9-15(14-6-1-2-7-16(14)22-18)20(28)31-10-19(27)24-21-23-17(11-32-21)12-4-3-5-13(8-12)25(29)30/h1-9,11H,10H2,(H,22,26)(H,23,24,27). The Morgan fingerprint density at radius 3 is 2.78 bits per heavy atom. The molecule has 2 aromatic heterocycles. The van der Waals surface area contributed by atoms with E-state index in [0.717, 1.165) is 17.4 Å². The maximum absolute atomic E-state index is 12.4. The number of benzene rings is 2. The Kier molecular flexibility index (Phi) is 5.73. The van der Waals surface area contributed by atoms with Gasteiger partial charge in [0.15, 0.2) is 11.7 Å². The van der Waals surface area contributed by atoms with E-state index in [1.54, 1.807) is 41.8 Å². The van der Waals surface area contributed by atoms with Crippen molar-refractivity contribution in [1.82, 2.24) is 9.97 Å². The number of aromatic nitrogens is 2. The highest BCUT2D eigenvalue weighted by molar-refractivity contribution is 7.14. The number of para-hydroxylation sites is 1. The second kappa shape index (κ2) is 8.78. The molecule has 2 heterocycles. The molecule has 4 aromatic rings. The quantitative estimate of drug-likeness (QED) is 0.260. The first-order valence-electron chi connectivity index (χ1n) is 9.20. The van der Waals surface area contributed by atoms with Crippen molar-refractivity contribution in [2.45, 2.75) is 0 Å². The molecule has 0 atom stereocenters. The van der Waals surface area contributed by atoms with E-state index in [2.05, 4.69) is 15.3 Å². The number of amides is 1. The smallest absolute Gasteiger partial charge is 0.339 e. The second-order valence-corrected chi connectivity index (χ2v) is 7.42.